The second-order valence-corrected chi connectivity index (χ2v) is 5.50. The molecule has 1 N–H and O–H groups in total. The molecule has 2 rings (SSSR count). The minimum absolute atomic E-state index is 0.188. The standard InChI is InChI=1S/C15H21NO/c1-5-16-10-13-9-11-8-12(15(2,3)4)6-7-14(11)17-13/h6-9,16H,5,10H2,1-4H3. The summed E-state index contributed by atoms with van der Waals surface area (Å²) in [7, 11) is 0. The average Bonchev–Trinajstić information content (AvgIpc) is 2.66. The quantitative estimate of drug-likeness (QED) is 0.868. The second-order valence-electron chi connectivity index (χ2n) is 5.50. The molecule has 2 heteroatoms. The third kappa shape index (κ3) is 2.70. The van der Waals surface area contributed by atoms with Gasteiger partial charge in [0, 0.05) is 5.39 Å². The van der Waals surface area contributed by atoms with Crippen molar-refractivity contribution in [2.24, 2.45) is 0 Å². The van der Waals surface area contributed by atoms with Crippen LogP contribution in [0.4, 0.5) is 0 Å². The molecule has 2 aromatic rings. The van der Waals surface area contributed by atoms with Gasteiger partial charge in [-0.05, 0) is 35.7 Å². The Morgan fingerprint density at radius 2 is 1.94 bits per heavy atom. The van der Waals surface area contributed by atoms with E-state index in [1.54, 1.807) is 0 Å². The topological polar surface area (TPSA) is 25.2 Å². The summed E-state index contributed by atoms with van der Waals surface area (Å²) in [5.74, 6) is 1.01. The van der Waals surface area contributed by atoms with Crippen molar-refractivity contribution in [1.29, 1.82) is 0 Å². The Balaban J connectivity index is 2.34. The molecule has 0 aliphatic heterocycles. The van der Waals surface area contributed by atoms with E-state index in [0.717, 1.165) is 24.4 Å². The predicted molar refractivity (Wildman–Crippen MR) is 72.3 cm³/mol. The van der Waals surface area contributed by atoms with Gasteiger partial charge in [-0.1, -0.05) is 33.8 Å². The fraction of sp³-hybridized carbons (Fsp3) is 0.467. The van der Waals surface area contributed by atoms with Crippen LogP contribution in [0.15, 0.2) is 28.7 Å². The fourth-order valence-electron chi connectivity index (χ4n) is 1.90. The van der Waals surface area contributed by atoms with E-state index in [0.29, 0.717) is 0 Å². The molecule has 0 saturated carbocycles. The smallest absolute Gasteiger partial charge is 0.134 e. The van der Waals surface area contributed by atoms with Crippen LogP contribution in [0.25, 0.3) is 11.0 Å². The van der Waals surface area contributed by atoms with Gasteiger partial charge in [-0.15, -0.1) is 0 Å². The zero-order valence-corrected chi connectivity index (χ0v) is 11.1. The second kappa shape index (κ2) is 4.53. The molecule has 92 valence electrons. The first-order valence-electron chi connectivity index (χ1n) is 6.24. The van der Waals surface area contributed by atoms with Crippen molar-refractivity contribution in [2.45, 2.75) is 39.7 Å². The van der Waals surface area contributed by atoms with Crippen LogP contribution in [0.2, 0.25) is 0 Å². The van der Waals surface area contributed by atoms with Gasteiger partial charge in [-0.3, -0.25) is 0 Å². The summed E-state index contributed by atoms with van der Waals surface area (Å²) in [6.07, 6.45) is 0. The first kappa shape index (κ1) is 12.2. The number of benzene rings is 1. The van der Waals surface area contributed by atoms with Gasteiger partial charge < -0.3 is 9.73 Å². The Hall–Kier alpha value is -1.28. The molecule has 0 bridgehead atoms. The van der Waals surface area contributed by atoms with Crippen molar-refractivity contribution in [3.8, 4) is 0 Å². The van der Waals surface area contributed by atoms with Gasteiger partial charge in [-0.25, -0.2) is 0 Å². The zero-order chi connectivity index (χ0) is 12.5. The van der Waals surface area contributed by atoms with E-state index in [1.165, 1.54) is 10.9 Å². The largest absolute Gasteiger partial charge is 0.460 e. The average molecular weight is 231 g/mol. The van der Waals surface area contributed by atoms with Crippen molar-refractivity contribution < 1.29 is 4.42 Å². The maximum atomic E-state index is 5.78. The summed E-state index contributed by atoms with van der Waals surface area (Å²) < 4.78 is 5.78. The number of rotatable bonds is 3. The molecule has 2 nitrogen and oxygen atoms in total. The van der Waals surface area contributed by atoms with Crippen LogP contribution in [0.5, 0.6) is 0 Å². The fourth-order valence-corrected chi connectivity index (χ4v) is 1.90. The number of hydrogen-bond donors (Lipinski definition) is 1. The van der Waals surface area contributed by atoms with E-state index in [1.807, 2.05) is 0 Å². The van der Waals surface area contributed by atoms with Crippen molar-refractivity contribution in [1.82, 2.24) is 5.32 Å². The van der Waals surface area contributed by atoms with Crippen LogP contribution in [0.3, 0.4) is 0 Å². The van der Waals surface area contributed by atoms with Crippen molar-refractivity contribution in [2.75, 3.05) is 6.54 Å². The maximum Gasteiger partial charge on any atom is 0.134 e. The molecule has 17 heavy (non-hydrogen) atoms. The molecule has 1 aromatic carbocycles. The first-order chi connectivity index (χ1) is 8.00. The van der Waals surface area contributed by atoms with Gasteiger partial charge in [0.1, 0.15) is 11.3 Å². The van der Waals surface area contributed by atoms with E-state index in [-0.39, 0.29) is 5.41 Å². The number of furan rings is 1. The van der Waals surface area contributed by atoms with E-state index in [2.05, 4.69) is 57.3 Å². The summed E-state index contributed by atoms with van der Waals surface area (Å²) in [5, 5.41) is 4.48. The summed E-state index contributed by atoms with van der Waals surface area (Å²) >= 11 is 0. The Labute approximate surface area is 103 Å². The van der Waals surface area contributed by atoms with Crippen LogP contribution in [0, 0.1) is 0 Å². The van der Waals surface area contributed by atoms with Crippen LogP contribution >= 0.6 is 0 Å². The highest BCUT2D eigenvalue weighted by molar-refractivity contribution is 5.79. The highest BCUT2D eigenvalue weighted by atomic mass is 16.3. The van der Waals surface area contributed by atoms with E-state index in [9.17, 15) is 0 Å². The van der Waals surface area contributed by atoms with Gasteiger partial charge in [0.2, 0.25) is 0 Å². The Kier molecular flexibility index (Phi) is 3.25. The van der Waals surface area contributed by atoms with Crippen LogP contribution in [0.1, 0.15) is 39.0 Å². The third-order valence-corrected chi connectivity index (χ3v) is 2.98. The molecule has 0 spiro atoms. The van der Waals surface area contributed by atoms with Crippen molar-refractivity contribution in [3.05, 3.63) is 35.6 Å². The molecular weight excluding hydrogens is 210 g/mol. The summed E-state index contributed by atoms with van der Waals surface area (Å²) in [5.41, 5.74) is 2.51. The molecule has 0 fully saturated rings. The number of hydrogen-bond acceptors (Lipinski definition) is 2. The number of nitrogens with one attached hydrogen (secondary N) is 1. The Morgan fingerprint density at radius 3 is 2.59 bits per heavy atom. The lowest BCUT2D eigenvalue weighted by atomic mass is 9.86. The lowest BCUT2D eigenvalue weighted by molar-refractivity contribution is 0.519. The monoisotopic (exact) mass is 231 g/mol. The van der Waals surface area contributed by atoms with Gasteiger partial charge in [0.15, 0.2) is 0 Å². The molecule has 1 aromatic heterocycles. The van der Waals surface area contributed by atoms with Gasteiger partial charge in [0.05, 0.1) is 6.54 Å². The first-order valence-corrected chi connectivity index (χ1v) is 6.24. The lowest BCUT2D eigenvalue weighted by Crippen LogP contribution is -2.10. The summed E-state index contributed by atoms with van der Waals surface area (Å²) in [4.78, 5) is 0. The zero-order valence-electron chi connectivity index (χ0n) is 11.1. The molecule has 0 aliphatic rings. The molecule has 1 heterocycles. The van der Waals surface area contributed by atoms with Crippen molar-refractivity contribution >= 4 is 11.0 Å². The molecule has 0 aliphatic carbocycles. The number of fused-ring (bicyclic) bond motifs is 1. The van der Waals surface area contributed by atoms with Gasteiger partial charge in [0.25, 0.3) is 0 Å². The van der Waals surface area contributed by atoms with Crippen LogP contribution < -0.4 is 5.32 Å². The minimum atomic E-state index is 0.188. The molecule has 0 saturated heterocycles. The normalized spacial score (nSPS) is 12.2. The summed E-state index contributed by atoms with van der Waals surface area (Å²) in [6.45, 7) is 10.6. The molecule has 0 amide bonds. The Morgan fingerprint density at radius 1 is 1.18 bits per heavy atom. The van der Waals surface area contributed by atoms with E-state index >= 15 is 0 Å². The Bertz CT molecular complexity index is 505. The van der Waals surface area contributed by atoms with Gasteiger partial charge in [-0.2, -0.15) is 0 Å². The van der Waals surface area contributed by atoms with E-state index < -0.39 is 0 Å². The highest BCUT2D eigenvalue weighted by Gasteiger charge is 2.14. The minimum Gasteiger partial charge on any atom is -0.460 e. The third-order valence-electron chi connectivity index (χ3n) is 2.98. The summed E-state index contributed by atoms with van der Waals surface area (Å²) in [6, 6.07) is 8.59. The molecule has 0 unspecified atom stereocenters. The highest BCUT2D eigenvalue weighted by Crippen LogP contribution is 2.27. The molecule has 0 atom stereocenters. The lowest BCUT2D eigenvalue weighted by Gasteiger charge is -2.18. The van der Waals surface area contributed by atoms with Crippen LogP contribution in [-0.4, -0.2) is 6.54 Å². The van der Waals surface area contributed by atoms with E-state index in [4.69, 9.17) is 4.42 Å². The molecular formula is C15H21NO. The van der Waals surface area contributed by atoms with Crippen LogP contribution in [-0.2, 0) is 12.0 Å². The maximum absolute atomic E-state index is 5.78. The van der Waals surface area contributed by atoms with Gasteiger partial charge >= 0.3 is 0 Å². The predicted octanol–water partition coefficient (Wildman–Crippen LogP) is 3.84. The van der Waals surface area contributed by atoms with Crippen molar-refractivity contribution in [3.63, 3.8) is 0 Å². The molecule has 0 radical (unpaired) electrons. The SMILES string of the molecule is CCNCc1cc2cc(C(C)(C)C)ccc2o1.